The van der Waals surface area contributed by atoms with Crippen LogP contribution in [0, 0.1) is 5.41 Å². The molecule has 1 aromatic rings. The van der Waals surface area contributed by atoms with E-state index in [0.717, 1.165) is 4.47 Å². The van der Waals surface area contributed by atoms with Crippen molar-refractivity contribution in [2.24, 2.45) is 5.41 Å². The Morgan fingerprint density at radius 2 is 1.95 bits per heavy atom. The number of amides is 1. The molecule has 4 nitrogen and oxygen atoms in total. The second-order valence-electron chi connectivity index (χ2n) is 5.23. The number of aliphatic carboxylic acids is 1. The van der Waals surface area contributed by atoms with E-state index in [0.29, 0.717) is 0 Å². The fourth-order valence-corrected chi connectivity index (χ4v) is 2.29. The number of carbonyl (C=O) groups excluding carboxylic acids is 1. The standard InChI is InChI=1S/C13H15BrClNO3/c1-13(2,3)10(12(18)19)16-11(17)8-5-4-7(14)6-9(8)15/h4-6,10H,1-3H3,(H,16,17)(H,18,19)/t10-/m0/s1. The second kappa shape index (κ2) is 5.92. The summed E-state index contributed by atoms with van der Waals surface area (Å²) in [5.41, 5.74) is -0.344. The van der Waals surface area contributed by atoms with Crippen molar-refractivity contribution in [3.05, 3.63) is 33.3 Å². The topological polar surface area (TPSA) is 66.4 Å². The molecule has 0 unspecified atom stereocenters. The molecule has 0 heterocycles. The lowest BCUT2D eigenvalue weighted by Crippen LogP contribution is -2.49. The van der Waals surface area contributed by atoms with Crippen LogP contribution in [0.15, 0.2) is 22.7 Å². The average Bonchev–Trinajstić information content (AvgIpc) is 2.23. The summed E-state index contributed by atoms with van der Waals surface area (Å²) in [7, 11) is 0. The first-order valence-electron chi connectivity index (χ1n) is 5.61. The molecule has 0 aliphatic carbocycles. The van der Waals surface area contributed by atoms with Gasteiger partial charge in [-0.05, 0) is 23.6 Å². The lowest BCUT2D eigenvalue weighted by atomic mass is 9.86. The fourth-order valence-electron chi connectivity index (χ4n) is 1.53. The van der Waals surface area contributed by atoms with Crippen LogP contribution in [0.1, 0.15) is 31.1 Å². The van der Waals surface area contributed by atoms with Crippen LogP contribution in [0.2, 0.25) is 5.02 Å². The van der Waals surface area contributed by atoms with Gasteiger partial charge < -0.3 is 10.4 Å². The van der Waals surface area contributed by atoms with Crippen molar-refractivity contribution in [1.82, 2.24) is 5.32 Å². The molecule has 1 aromatic carbocycles. The molecule has 1 amide bonds. The van der Waals surface area contributed by atoms with Gasteiger partial charge in [0.1, 0.15) is 6.04 Å². The SMILES string of the molecule is CC(C)(C)[C@@H](NC(=O)c1ccc(Br)cc1Cl)C(=O)O. The Bertz CT molecular complexity index is 511. The third-order valence-electron chi connectivity index (χ3n) is 2.56. The van der Waals surface area contributed by atoms with Crippen molar-refractivity contribution in [2.75, 3.05) is 0 Å². The molecule has 0 aromatic heterocycles. The molecule has 19 heavy (non-hydrogen) atoms. The highest BCUT2D eigenvalue weighted by Gasteiger charge is 2.33. The molecule has 1 rings (SSSR count). The van der Waals surface area contributed by atoms with E-state index in [1.54, 1.807) is 39.0 Å². The first-order chi connectivity index (χ1) is 8.62. The number of rotatable bonds is 3. The summed E-state index contributed by atoms with van der Waals surface area (Å²) in [5.74, 6) is -1.58. The molecule has 104 valence electrons. The molecular formula is C13H15BrClNO3. The number of nitrogens with one attached hydrogen (secondary N) is 1. The summed E-state index contributed by atoms with van der Waals surface area (Å²) >= 11 is 9.20. The number of carbonyl (C=O) groups is 2. The first-order valence-corrected chi connectivity index (χ1v) is 6.78. The number of benzene rings is 1. The maximum atomic E-state index is 12.1. The summed E-state index contributed by atoms with van der Waals surface area (Å²) in [6.07, 6.45) is 0. The summed E-state index contributed by atoms with van der Waals surface area (Å²) in [6.45, 7) is 5.24. The van der Waals surface area contributed by atoms with E-state index in [1.807, 2.05) is 0 Å². The predicted octanol–water partition coefficient (Wildman–Crippen LogP) is 3.33. The van der Waals surface area contributed by atoms with Gasteiger partial charge in [0.2, 0.25) is 0 Å². The minimum absolute atomic E-state index is 0.250. The molecule has 0 spiro atoms. The van der Waals surface area contributed by atoms with Crippen LogP contribution in [0.25, 0.3) is 0 Å². The largest absolute Gasteiger partial charge is 0.480 e. The van der Waals surface area contributed by atoms with E-state index in [2.05, 4.69) is 21.2 Å². The Hall–Kier alpha value is -1.07. The van der Waals surface area contributed by atoms with Crippen LogP contribution in [-0.2, 0) is 4.79 Å². The molecule has 6 heteroatoms. The molecular weight excluding hydrogens is 334 g/mol. The highest BCUT2D eigenvalue weighted by atomic mass is 79.9. The monoisotopic (exact) mass is 347 g/mol. The Kier molecular flexibility index (Phi) is 4.98. The van der Waals surface area contributed by atoms with Gasteiger partial charge in [-0.15, -0.1) is 0 Å². The number of hydrogen-bond donors (Lipinski definition) is 2. The van der Waals surface area contributed by atoms with Crippen molar-refractivity contribution in [1.29, 1.82) is 0 Å². The fraction of sp³-hybridized carbons (Fsp3) is 0.385. The molecule has 0 radical (unpaired) electrons. The van der Waals surface area contributed by atoms with Gasteiger partial charge in [0, 0.05) is 4.47 Å². The zero-order valence-electron chi connectivity index (χ0n) is 10.8. The van der Waals surface area contributed by atoms with E-state index in [1.165, 1.54) is 0 Å². The van der Waals surface area contributed by atoms with Gasteiger partial charge in [-0.3, -0.25) is 4.79 Å². The zero-order chi connectivity index (χ0) is 14.8. The maximum Gasteiger partial charge on any atom is 0.326 e. The Morgan fingerprint density at radius 1 is 1.37 bits per heavy atom. The Balaban J connectivity index is 2.98. The van der Waals surface area contributed by atoms with Crippen LogP contribution in [0.3, 0.4) is 0 Å². The lowest BCUT2D eigenvalue weighted by molar-refractivity contribution is -0.142. The summed E-state index contributed by atoms with van der Waals surface area (Å²) in [5, 5.41) is 11.9. The van der Waals surface area contributed by atoms with Crippen LogP contribution in [-0.4, -0.2) is 23.0 Å². The lowest BCUT2D eigenvalue weighted by Gasteiger charge is -2.27. The molecule has 1 atom stereocenters. The Morgan fingerprint density at radius 3 is 2.37 bits per heavy atom. The highest BCUT2D eigenvalue weighted by Crippen LogP contribution is 2.23. The predicted molar refractivity (Wildman–Crippen MR) is 77.5 cm³/mol. The van der Waals surface area contributed by atoms with Crippen molar-refractivity contribution in [3.8, 4) is 0 Å². The normalized spacial score (nSPS) is 12.9. The zero-order valence-corrected chi connectivity index (χ0v) is 13.2. The van der Waals surface area contributed by atoms with Crippen LogP contribution in [0.4, 0.5) is 0 Å². The van der Waals surface area contributed by atoms with Gasteiger partial charge in [-0.1, -0.05) is 48.3 Å². The van der Waals surface area contributed by atoms with Gasteiger partial charge >= 0.3 is 5.97 Å². The van der Waals surface area contributed by atoms with Gasteiger partial charge in [0.15, 0.2) is 0 Å². The minimum Gasteiger partial charge on any atom is -0.480 e. The van der Waals surface area contributed by atoms with Gasteiger partial charge in [0.25, 0.3) is 5.91 Å². The van der Waals surface area contributed by atoms with Crippen LogP contribution >= 0.6 is 27.5 Å². The summed E-state index contributed by atoms with van der Waals surface area (Å²) < 4.78 is 0.750. The molecule has 0 saturated heterocycles. The molecule has 0 aliphatic heterocycles. The number of hydrogen-bond acceptors (Lipinski definition) is 2. The number of halogens is 2. The Labute approximate surface area is 125 Å². The van der Waals surface area contributed by atoms with E-state index in [-0.39, 0.29) is 10.6 Å². The van der Waals surface area contributed by atoms with Crippen LogP contribution < -0.4 is 5.32 Å². The summed E-state index contributed by atoms with van der Waals surface area (Å²) in [6, 6.07) is 3.82. The van der Waals surface area contributed by atoms with Crippen molar-refractivity contribution in [3.63, 3.8) is 0 Å². The second-order valence-corrected chi connectivity index (χ2v) is 6.56. The number of carboxylic acid groups (broad SMARTS) is 1. The molecule has 0 saturated carbocycles. The number of carboxylic acids is 1. The van der Waals surface area contributed by atoms with Crippen molar-refractivity contribution in [2.45, 2.75) is 26.8 Å². The van der Waals surface area contributed by atoms with Gasteiger partial charge in [0.05, 0.1) is 10.6 Å². The third kappa shape index (κ3) is 4.21. The van der Waals surface area contributed by atoms with Gasteiger partial charge in [-0.25, -0.2) is 4.79 Å². The van der Waals surface area contributed by atoms with Crippen molar-refractivity contribution < 1.29 is 14.7 Å². The van der Waals surface area contributed by atoms with Gasteiger partial charge in [-0.2, -0.15) is 0 Å². The highest BCUT2D eigenvalue weighted by molar-refractivity contribution is 9.10. The van der Waals surface area contributed by atoms with E-state index >= 15 is 0 Å². The average molecular weight is 349 g/mol. The molecule has 2 N–H and O–H groups in total. The van der Waals surface area contributed by atoms with Crippen molar-refractivity contribution >= 4 is 39.4 Å². The quantitative estimate of drug-likeness (QED) is 0.880. The van der Waals surface area contributed by atoms with E-state index < -0.39 is 23.3 Å². The van der Waals surface area contributed by atoms with E-state index in [4.69, 9.17) is 16.7 Å². The minimum atomic E-state index is -1.07. The smallest absolute Gasteiger partial charge is 0.326 e. The van der Waals surface area contributed by atoms with Crippen LogP contribution in [0.5, 0.6) is 0 Å². The first kappa shape index (κ1) is 16.0. The molecule has 0 aliphatic rings. The maximum absolute atomic E-state index is 12.1. The summed E-state index contributed by atoms with van der Waals surface area (Å²) in [4.78, 5) is 23.3. The van der Waals surface area contributed by atoms with E-state index in [9.17, 15) is 9.59 Å². The molecule has 0 fully saturated rings. The third-order valence-corrected chi connectivity index (χ3v) is 3.37. The molecule has 0 bridgehead atoms.